The van der Waals surface area contributed by atoms with Crippen LogP contribution < -0.4 is 5.43 Å². The third-order valence-corrected chi connectivity index (χ3v) is 5.47. The maximum atomic E-state index is 12.9. The lowest BCUT2D eigenvalue weighted by Gasteiger charge is -2.30. The van der Waals surface area contributed by atoms with Crippen molar-refractivity contribution in [3.63, 3.8) is 0 Å². The quantitative estimate of drug-likeness (QED) is 0.653. The Morgan fingerprint density at radius 1 is 1.21 bits per heavy atom. The maximum Gasteiger partial charge on any atom is 0.274 e. The number of halogens is 2. The van der Waals surface area contributed by atoms with Gasteiger partial charge in [-0.25, -0.2) is 4.98 Å². The highest BCUT2D eigenvalue weighted by Crippen LogP contribution is 2.28. The normalized spacial score (nSPS) is 13.2. The van der Waals surface area contributed by atoms with Crippen molar-refractivity contribution in [1.29, 1.82) is 0 Å². The van der Waals surface area contributed by atoms with Crippen molar-refractivity contribution in [2.24, 2.45) is 0 Å². The molecule has 0 radical (unpaired) electrons. The summed E-state index contributed by atoms with van der Waals surface area (Å²) in [5.74, 6) is -1.07. The summed E-state index contributed by atoms with van der Waals surface area (Å²) >= 11 is 7.12. The first kappa shape index (κ1) is 20.2. The molecule has 10 heteroatoms. The van der Waals surface area contributed by atoms with Crippen molar-refractivity contribution in [3.05, 3.63) is 62.5 Å². The molecule has 28 heavy (non-hydrogen) atoms. The molecule has 3 heterocycles. The highest BCUT2D eigenvalue weighted by Gasteiger charge is 2.30. The van der Waals surface area contributed by atoms with Gasteiger partial charge in [-0.1, -0.05) is 17.7 Å². The average molecular weight is 440 g/mol. The van der Waals surface area contributed by atoms with E-state index in [-0.39, 0.29) is 36.0 Å². The van der Waals surface area contributed by atoms with Gasteiger partial charge >= 0.3 is 0 Å². The number of phenolic OH excluding ortho intramolecular Hbond substituents is 1. The number of carbonyl (C=O) groups is 1. The Labute approximate surface area is 174 Å². The fraction of sp³-hybridized carbons (Fsp3) is 0.167. The van der Waals surface area contributed by atoms with Crippen molar-refractivity contribution in [1.82, 2.24) is 14.5 Å². The van der Waals surface area contributed by atoms with Crippen LogP contribution in [0.25, 0.3) is 10.6 Å². The molecule has 0 aliphatic carbocycles. The second-order valence-electron chi connectivity index (χ2n) is 6.10. The first-order valence-electron chi connectivity index (χ1n) is 8.08. The van der Waals surface area contributed by atoms with Gasteiger partial charge in [-0.05, 0) is 12.1 Å². The molecule has 3 aromatic rings. The lowest BCUT2D eigenvalue weighted by molar-refractivity contribution is 0.0682. The Balaban J connectivity index is 0.00000225. The number of rotatable bonds is 3. The number of hydrogen-bond donors (Lipinski definition) is 2. The summed E-state index contributed by atoms with van der Waals surface area (Å²) in [4.78, 5) is 31.0. The van der Waals surface area contributed by atoms with Crippen LogP contribution in [0.2, 0.25) is 5.02 Å². The lowest BCUT2D eigenvalue weighted by Crippen LogP contribution is -2.41. The molecule has 4 rings (SSSR count). The summed E-state index contributed by atoms with van der Waals surface area (Å²) in [5.41, 5.74) is 0.117. The second-order valence-corrected chi connectivity index (χ2v) is 7.43. The number of fused-ring (bicyclic) bond motifs is 1. The number of thiazole rings is 1. The van der Waals surface area contributed by atoms with E-state index < -0.39 is 17.1 Å². The fourth-order valence-electron chi connectivity index (χ4n) is 3.07. The van der Waals surface area contributed by atoms with Crippen LogP contribution in [-0.2, 0) is 13.1 Å². The zero-order chi connectivity index (χ0) is 19.1. The van der Waals surface area contributed by atoms with Crippen molar-refractivity contribution < 1.29 is 15.0 Å². The summed E-state index contributed by atoms with van der Waals surface area (Å²) in [6, 6.07) is 4.67. The molecule has 7 nitrogen and oxygen atoms in total. The first-order valence-corrected chi connectivity index (χ1v) is 9.34. The Bertz CT molecular complexity index is 1100. The Hall–Kier alpha value is -2.55. The third kappa shape index (κ3) is 3.46. The minimum Gasteiger partial charge on any atom is -0.508 e. The van der Waals surface area contributed by atoms with Crippen LogP contribution in [0.3, 0.4) is 0 Å². The van der Waals surface area contributed by atoms with Crippen LogP contribution in [0.4, 0.5) is 0 Å². The molecule has 0 bridgehead atoms. The van der Waals surface area contributed by atoms with Gasteiger partial charge in [0.1, 0.15) is 10.8 Å². The van der Waals surface area contributed by atoms with Crippen LogP contribution in [-0.4, -0.2) is 37.1 Å². The zero-order valence-corrected chi connectivity index (χ0v) is 16.7. The molecule has 2 aromatic heterocycles. The number of pyridine rings is 1. The predicted octanol–water partition coefficient (Wildman–Crippen LogP) is 3.11. The number of nitrogens with zero attached hydrogens (tertiary/aromatic N) is 3. The summed E-state index contributed by atoms with van der Waals surface area (Å²) in [7, 11) is 0. The number of aromatic nitrogens is 2. The first-order chi connectivity index (χ1) is 13.0. The van der Waals surface area contributed by atoms with Crippen LogP contribution in [0.15, 0.2) is 40.8 Å². The van der Waals surface area contributed by atoms with Gasteiger partial charge in [0.15, 0.2) is 11.4 Å². The molecular formula is C18H15Cl2N3O4S. The standard InChI is InChI=1S/C18H14ClN3O4S.ClH/c19-11-2-1-10(13(23)7-11)8-22-5-4-21-9-12(17-20-3-6-27-17)15(24)16(25)14(21)18(22)26;/h1-3,6-7,9,23,25H,4-5,8H2;1H. The number of benzene rings is 1. The molecule has 0 fully saturated rings. The monoisotopic (exact) mass is 439 g/mol. The molecule has 1 aromatic carbocycles. The lowest BCUT2D eigenvalue weighted by atomic mass is 10.1. The largest absolute Gasteiger partial charge is 0.508 e. The topological polar surface area (TPSA) is 95.7 Å². The average Bonchev–Trinajstić information content (AvgIpc) is 3.16. The highest BCUT2D eigenvalue weighted by molar-refractivity contribution is 7.13. The van der Waals surface area contributed by atoms with E-state index in [2.05, 4.69) is 4.98 Å². The van der Waals surface area contributed by atoms with Crippen molar-refractivity contribution >= 4 is 41.3 Å². The molecule has 146 valence electrons. The smallest absolute Gasteiger partial charge is 0.274 e. The molecule has 1 amide bonds. The molecule has 0 spiro atoms. The van der Waals surface area contributed by atoms with Crippen molar-refractivity contribution in [3.8, 4) is 22.1 Å². The molecule has 1 aliphatic rings. The molecule has 0 unspecified atom stereocenters. The van der Waals surface area contributed by atoms with E-state index in [4.69, 9.17) is 11.6 Å². The maximum absolute atomic E-state index is 12.9. The summed E-state index contributed by atoms with van der Waals surface area (Å²) in [5, 5.41) is 23.0. The SMILES string of the molecule is Cl.O=C1c2c(O)c(=O)c(-c3nccs3)cn2CCN1Cc1ccc(Cl)cc1O. The Morgan fingerprint density at radius 3 is 2.68 bits per heavy atom. The van der Waals surface area contributed by atoms with E-state index in [1.54, 1.807) is 34.5 Å². The molecule has 0 atom stereocenters. The van der Waals surface area contributed by atoms with Crippen LogP contribution >= 0.6 is 35.3 Å². The van der Waals surface area contributed by atoms with Gasteiger partial charge in [-0.15, -0.1) is 23.7 Å². The van der Waals surface area contributed by atoms with Gasteiger partial charge in [0.25, 0.3) is 5.91 Å². The fourth-order valence-corrected chi connectivity index (χ4v) is 3.88. The van der Waals surface area contributed by atoms with Gasteiger partial charge < -0.3 is 19.7 Å². The number of carbonyl (C=O) groups excluding carboxylic acids is 1. The number of phenols is 1. The highest BCUT2D eigenvalue weighted by atomic mass is 35.5. The molecule has 0 saturated heterocycles. The minimum atomic E-state index is -0.624. The summed E-state index contributed by atoms with van der Waals surface area (Å²) < 4.78 is 1.58. The van der Waals surface area contributed by atoms with E-state index in [1.807, 2.05) is 0 Å². The van der Waals surface area contributed by atoms with E-state index in [9.17, 15) is 19.8 Å². The van der Waals surface area contributed by atoms with Gasteiger partial charge in [-0.3, -0.25) is 9.59 Å². The Morgan fingerprint density at radius 2 is 2.00 bits per heavy atom. The summed E-state index contributed by atoms with van der Waals surface area (Å²) in [6.07, 6.45) is 3.14. The Kier molecular flexibility index (Phi) is 5.64. The third-order valence-electron chi connectivity index (χ3n) is 4.43. The number of amides is 1. The van der Waals surface area contributed by atoms with E-state index in [1.165, 1.54) is 22.3 Å². The van der Waals surface area contributed by atoms with Crippen LogP contribution in [0.5, 0.6) is 11.5 Å². The van der Waals surface area contributed by atoms with Crippen molar-refractivity contribution in [2.45, 2.75) is 13.1 Å². The van der Waals surface area contributed by atoms with E-state index in [0.717, 1.165) is 0 Å². The van der Waals surface area contributed by atoms with Gasteiger partial charge in [0, 0.05) is 48.0 Å². The van der Waals surface area contributed by atoms with Gasteiger partial charge in [-0.2, -0.15) is 0 Å². The van der Waals surface area contributed by atoms with E-state index >= 15 is 0 Å². The minimum absolute atomic E-state index is 0. The van der Waals surface area contributed by atoms with Gasteiger partial charge in [0.2, 0.25) is 5.43 Å². The number of hydrogen-bond acceptors (Lipinski definition) is 6. The molecular weight excluding hydrogens is 425 g/mol. The van der Waals surface area contributed by atoms with E-state index in [0.29, 0.717) is 28.7 Å². The molecule has 0 saturated carbocycles. The van der Waals surface area contributed by atoms with Crippen LogP contribution in [0.1, 0.15) is 16.1 Å². The zero-order valence-electron chi connectivity index (χ0n) is 14.3. The van der Waals surface area contributed by atoms with Crippen molar-refractivity contribution in [2.75, 3.05) is 6.54 Å². The molecule has 1 aliphatic heterocycles. The predicted molar refractivity (Wildman–Crippen MR) is 109 cm³/mol. The molecule has 2 N–H and O–H groups in total. The second kappa shape index (κ2) is 7.83. The summed E-state index contributed by atoms with van der Waals surface area (Å²) in [6.45, 7) is 0.916. The van der Waals surface area contributed by atoms with Crippen LogP contribution in [0, 0.1) is 0 Å². The van der Waals surface area contributed by atoms with Gasteiger partial charge in [0.05, 0.1) is 5.56 Å². The number of aromatic hydroxyl groups is 2.